The highest BCUT2D eigenvalue weighted by Gasteiger charge is 2.15. The molecule has 0 saturated heterocycles. The summed E-state index contributed by atoms with van der Waals surface area (Å²) < 4.78 is 1.87. The van der Waals surface area contributed by atoms with E-state index in [9.17, 15) is 0 Å². The first-order valence-corrected chi connectivity index (χ1v) is 9.37. The maximum atomic E-state index is 8.91. The minimum absolute atomic E-state index is 0.293. The Morgan fingerprint density at radius 2 is 1.76 bits per heavy atom. The van der Waals surface area contributed by atoms with Crippen LogP contribution in [0.25, 0.3) is 16.9 Å². The Kier molecular flexibility index (Phi) is 5.23. The molecule has 0 bridgehead atoms. The monoisotopic (exact) mass is 400 g/mol. The van der Waals surface area contributed by atoms with Crippen LogP contribution in [0.4, 0.5) is 5.82 Å². The lowest BCUT2D eigenvalue weighted by Crippen LogP contribution is -2.18. The summed E-state index contributed by atoms with van der Waals surface area (Å²) in [6.45, 7) is 0.575. The average Bonchev–Trinajstić information content (AvgIpc) is 3.18. The summed E-state index contributed by atoms with van der Waals surface area (Å²) in [5.41, 5.74) is 4.16. The van der Waals surface area contributed by atoms with Crippen molar-refractivity contribution in [3.05, 3.63) is 89.2 Å². The minimum atomic E-state index is 0.293. The maximum Gasteiger partial charge on any atom is 0.163 e. The van der Waals surface area contributed by atoms with Crippen molar-refractivity contribution in [3.8, 4) is 23.0 Å². The van der Waals surface area contributed by atoms with Gasteiger partial charge < -0.3 is 4.90 Å². The van der Waals surface area contributed by atoms with Gasteiger partial charge in [0.15, 0.2) is 11.5 Å². The van der Waals surface area contributed by atoms with Crippen LogP contribution in [0.1, 0.15) is 11.3 Å². The van der Waals surface area contributed by atoms with Crippen molar-refractivity contribution in [1.29, 1.82) is 5.26 Å². The van der Waals surface area contributed by atoms with Gasteiger partial charge in [-0.05, 0) is 36.4 Å². The molecule has 0 aliphatic carbocycles. The van der Waals surface area contributed by atoms with E-state index in [1.807, 2.05) is 83.5 Å². The summed E-state index contributed by atoms with van der Waals surface area (Å²) in [6, 6.07) is 23.0. The smallest absolute Gasteiger partial charge is 0.163 e. The number of nitrogens with zero attached hydrogens (tertiary/aromatic N) is 6. The molecular formula is C22H17ClN6. The van der Waals surface area contributed by atoms with E-state index in [0.29, 0.717) is 23.1 Å². The molecule has 2 aromatic heterocycles. The molecule has 29 heavy (non-hydrogen) atoms. The second-order valence-electron chi connectivity index (χ2n) is 6.53. The zero-order valence-electron chi connectivity index (χ0n) is 15.7. The quantitative estimate of drug-likeness (QED) is 0.493. The number of benzene rings is 2. The van der Waals surface area contributed by atoms with Gasteiger partial charge in [-0.1, -0.05) is 41.9 Å². The second-order valence-corrected chi connectivity index (χ2v) is 6.97. The Labute approximate surface area is 173 Å². The van der Waals surface area contributed by atoms with E-state index < -0.39 is 0 Å². The Balaban J connectivity index is 1.71. The summed E-state index contributed by atoms with van der Waals surface area (Å²) >= 11 is 6.06. The van der Waals surface area contributed by atoms with Crippen LogP contribution in [0.3, 0.4) is 0 Å². The topological polar surface area (TPSA) is 70.6 Å². The largest absolute Gasteiger partial charge is 0.354 e. The Bertz CT molecular complexity index is 1140. The highest BCUT2D eigenvalue weighted by atomic mass is 35.5. The third-order valence-electron chi connectivity index (χ3n) is 4.49. The fourth-order valence-electron chi connectivity index (χ4n) is 3.01. The fourth-order valence-corrected chi connectivity index (χ4v) is 3.14. The van der Waals surface area contributed by atoms with Gasteiger partial charge in [-0.2, -0.15) is 10.4 Å². The van der Waals surface area contributed by atoms with Crippen LogP contribution >= 0.6 is 11.6 Å². The number of aromatic nitrogens is 4. The number of halogens is 1. The number of para-hydroxylation sites is 1. The van der Waals surface area contributed by atoms with Gasteiger partial charge in [0.1, 0.15) is 6.07 Å². The van der Waals surface area contributed by atoms with Crippen LogP contribution in [0.5, 0.6) is 0 Å². The zero-order valence-corrected chi connectivity index (χ0v) is 16.5. The van der Waals surface area contributed by atoms with Gasteiger partial charge in [0.05, 0.1) is 11.4 Å². The summed E-state index contributed by atoms with van der Waals surface area (Å²) in [5, 5.41) is 22.5. The fraction of sp³-hybridized carbons (Fsp3) is 0.0909. The molecule has 0 saturated carbocycles. The lowest BCUT2D eigenvalue weighted by molar-refractivity contribution is 0.858. The van der Waals surface area contributed by atoms with E-state index in [1.54, 1.807) is 12.1 Å². The molecule has 0 spiro atoms. The maximum absolute atomic E-state index is 8.91. The number of hydrogen-bond donors (Lipinski definition) is 0. The predicted octanol–water partition coefficient (Wildman–Crippen LogP) is 4.49. The molecule has 2 heterocycles. The van der Waals surface area contributed by atoms with Crippen LogP contribution in [0.2, 0.25) is 5.02 Å². The molecule has 0 amide bonds. The van der Waals surface area contributed by atoms with Crippen molar-refractivity contribution in [3.63, 3.8) is 0 Å². The van der Waals surface area contributed by atoms with Gasteiger partial charge in [-0.15, -0.1) is 10.2 Å². The minimum Gasteiger partial charge on any atom is -0.354 e. The van der Waals surface area contributed by atoms with Crippen molar-refractivity contribution in [2.45, 2.75) is 6.54 Å². The Hall–Kier alpha value is -3.69. The van der Waals surface area contributed by atoms with Gasteiger partial charge in [-0.25, -0.2) is 4.68 Å². The average molecular weight is 401 g/mol. The molecule has 4 rings (SSSR count). The first-order valence-electron chi connectivity index (χ1n) is 8.99. The van der Waals surface area contributed by atoms with Gasteiger partial charge in [0.25, 0.3) is 0 Å². The predicted molar refractivity (Wildman–Crippen MR) is 113 cm³/mol. The van der Waals surface area contributed by atoms with Crippen LogP contribution in [-0.4, -0.2) is 27.0 Å². The molecule has 0 atom stereocenters. The summed E-state index contributed by atoms with van der Waals surface area (Å²) in [4.78, 5) is 1.97. The van der Waals surface area contributed by atoms with Crippen LogP contribution in [0.15, 0.2) is 72.9 Å². The van der Waals surface area contributed by atoms with Gasteiger partial charge >= 0.3 is 0 Å². The molecule has 4 aromatic rings. The van der Waals surface area contributed by atoms with Crippen molar-refractivity contribution in [1.82, 2.24) is 20.0 Å². The van der Waals surface area contributed by atoms with Gasteiger partial charge in [0, 0.05) is 35.9 Å². The number of anilines is 1. The normalized spacial score (nSPS) is 10.5. The first kappa shape index (κ1) is 18.7. The van der Waals surface area contributed by atoms with Crippen LogP contribution in [0, 0.1) is 11.3 Å². The van der Waals surface area contributed by atoms with Crippen molar-refractivity contribution < 1.29 is 0 Å². The van der Waals surface area contributed by atoms with Gasteiger partial charge in [-0.3, -0.25) is 0 Å². The van der Waals surface area contributed by atoms with Crippen LogP contribution < -0.4 is 4.90 Å². The molecule has 0 unspecified atom stereocenters. The number of hydrogen-bond acceptors (Lipinski definition) is 5. The summed E-state index contributed by atoms with van der Waals surface area (Å²) in [7, 11) is 1.93. The summed E-state index contributed by atoms with van der Waals surface area (Å²) in [5.74, 6) is 0.679. The first-order chi connectivity index (χ1) is 14.1. The lowest BCUT2D eigenvalue weighted by Gasteiger charge is -2.17. The van der Waals surface area contributed by atoms with Crippen molar-refractivity contribution >= 4 is 17.4 Å². The van der Waals surface area contributed by atoms with Crippen molar-refractivity contribution in [2.75, 3.05) is 11.9 Å². The van der Waals surface area contributed by atoms with E-state index in [1.165, 1.54) is 0 Å². The van der Waals surface area contributed by atoms with Crippen LogP contribution in [-0.2, 0) is 6.54 Å². The standard InChI is InChI=1S/C22H17ClN6/c1-28(21-12-11-19(13-24)25-26-21)14-17-15-29(20-5-3-2-4-6-20)27-22(17)16-7-9-18(23)10-8-16/h2-12,15H,14H2,1H3. The van der Waals surface area contributed by atoms with E-state index >= 15 is 0 Å². The van der Waals surface area contributed by atoms with E-state index in [0.717, 1.165) is 22.5 Å². The Morgan fingerprint density at radius 3 is 2.41 bits per heavy atom. The van der Waals surface area contributed by atoms with E-state index in [4.69, 9.17) is 22.0 Å². The Morgan fingerprint density at radius 1 is 1.00 bits per heavy atom. The number of rotatable bonds is 5. The molecule has 6 nitrogen and oxygen atoms in total. The van der Waals surface area contributed by atoms with E-state index in [-0.39, 0.29) is 0 Å². The van der Waals surface area contributed by atoms with Crippen molar-refractivity contribution in [2.24, 2.45) is 0 Å². The molecular weight excluding hydrogens is 384 g/mol. The summed E-state index contributed by atoms with van der Waals surface area (Å²) in [6.07, 6.45) is 2.02. The molecule has 2 aromatic carbocycles. The third-order valence-corrected chi connectivity index (χ3v) is 4.74. The molecule has 0 radical (unpaired) electrons. The number of nitriles is 1. The zero-order chi connectivity index (χ0) is 20.2. The molecule has 142 valence electrons. The molecule has 0 aliphatic rings. The highest BCUT2D eigenvalue weighted by Crippen LogP contribution is 2.27. The molecule has 7 heteroatoms. The van der Waals surface area contributed by atoms with E-state index in [2.05, 4.69) is 10.2 Å². The SMILES string of the molecule is CN(Cc1cn(-c2ccccc2)nc1-c1ccc(Cl)cc1)c1ccc(C#N)nn1. The van der Waals surface area contributed by atoms with Gasteiger partial charge in [0.2, 0.25) is 0 Å². The lowest BCUT2D eigenvalue weighted by atomic mass is 10.1. The molecule has 0 fully saturated rings. The molecule has 0 N–H and O–H groups in total. The third kappa shape index (κ3) is 4.10. The highest BCUT2D eigenvalue weighted by molar-refractivity contribution is 6.30. The molecule has 0 aliphatic heterocycles. The second kappa shape index (κ2) is 8.13.